The molecule has 3 aromatic carbocycles. The van der Waals surface area contributed by atoms with Gasteiger partial charge < -0.3 is 15.3 Å². The van der Waals surface area contributed by atoms with Gasteiger partial charge in [-0.05, 0) is 104 Å². The number of hydrogen-bond acceptors (Lipinski definition) is 9. The average molecular weight is 537 g/mol. The zero-order chi connectivity index (χ0) is 26.0. The smallest absolute Gasteiger partial charge is 0.247 e. The van der Waals surface area contributed by atoms with E-state index in [1.807, 2.05) is 19.1 Å². The van der Waals surface area contributed by atoms with E-state index in [1.54, 1.807) is 42.5 Å². The molecule has 0 bridgehead atoms. The number of likely N-dealkylation sites (tertiary alicyclic amines) is 1. The summed E-state index contributed by atoms with van der Waals surface area (Å²) in [7, 11) is -3.58. The lowest BCUT2D eigenvalue weighted by Crippen LogP contribution is -2.33. The molecule has 9 nitrogen and oxygen atoms in total. The second-order valence-corrected chi connectivity index (χ2v) is 11.3. The Bertz CT molecular complexity index is 1540. The predicted octanol–water partition coefficient (Wildman–Crippen LogP) is 4.11. The third kappa shape index (κ3) is 5.85. The molecule has 1 aliphatic rings. The van der Waals surface area contributed by atoms with Gasteiger partial charge in [0, 0.05) is 23.7 Å². The molecule has 4 aromatic rings. The summed E-state index contributed by atoms with van der Waals surface area (Å²) in [6, 6.07) is 15.3. The van der Waals surface area contributed by atoms with Crippen LogP contribution in [0.2, 0.25) is 0 Å². The van der Waals surface area contributed by atoms with Gasteiger partial charge in [0.2, 0.25) is 16.0 Å². The van der Waals surface area contributed by atoms with Crippen LogP contribution >= 0.6 is 12.6 Å². The number of hydrogen-bond donors (Lipinski definition) is 4. The van der Waals surface area contributed by atoms with Gasteiger partial charge in [0.1, 0.15) is 11.3 Å². The summed E-state index contributed by atoms with van der Waals surface area (Å²) in [4.78, 5) is 7.81. The van der Waals surface area contributed by atoms with Crippen molar-refractivity contribution < 1.29 is 13.5 Å². The van der Waals surface area contributed by atoms with Crippen LogP contribution in [0.4, 0.5) is 11.6 Å². The largest absolute Gasteiger partial charge is 0.508 e. The molecule has 1 fully saturated rings. The van der Waals surface area contributed by atoms with Crippen molar-refractivity contribution in [3.8, 4) is 16.9 Å². The van der Waals surface area contributed by atoms with E-state index < -0.39 is 10.0 Å². The molecule has 0 saturated carbocycles. The number of aromatic nitrogens is 3. The van der Waals surface area contributed by atoms with E-state index in [1.165, 1.54) is 12.8 Å². The van der Waals surface area contributed by atoms with Gasteiger partial charge in [-0.25, -0.2) is 18.1 Å². The Morgan fingerprint density at radius 2 is 1.78 bits per heavy atom. The van der Waals surface area contributed by atoms with Crippen molar-refractivity contribution >= 4 is 45.3 Å². The molecule has 1 saturated heterocycles. The first kappa shape index (κ1) is 25.4. The first-order valence-corrected chi connectivity index (χ1v) is 14.0. The Morgan fingerprint density at radius 1 is 1.03 bits per heavy atom. The highest BCUT2D eigenvalue weighted by molar-refractivity contribution is 7.89. The third-order valence-corrected chi connectivity index (χ3v) is 8.25. The Morgan fingerprint density at radius 3 is 2.54 bits per heavy atom. The number of anilines is 2. The molecule has 11 heteroatoms. The van der Waals surface area contributed by atoms with Crippen molar-refractivity contribution in [1.29, 1.82) is 0 Å². The number of nitrogens with one attached hydrogen (secondary N) is 2. The lowest BCUT2D eigenvalue weighted by Gasteiger charge is -2.15. The molecule has 5 rings (SSSR count). The molecule has 1 aliphatic heterocycles. The molecule has 0 aliphatic carbocycles. The summed E-state index contributed by atoms with van der Waals surface area (Å²) in [5, 5.41) is 21.5. The fraction of sp³-hybridized carbons (Fsp3) is 0.269. The zero-order valence-corrected chi connectivity index (χ0v) is 22.1. The molecule has 0 spiro atoms. The van der Waals surface area contributed by atoms with Crippen LogP contribution < -0.4 is 10.0 Å². The maximum absolute atomic E-state index is 12.6. The summed E-state index contributed by atoms with van der Waals surface area (Å²) in [6.45, 7) is 5.10. The molecule has 3 N–H and O–H groups in total. The van der Waals surface area contributed by atoms with E-state index in [2.05, 4.69) is 42.7 Å². The monoisotopic (exact) mass is 536 g/mol. The summed E-state index contributed by atoms with van der Waals surface area (Å²) >= 11 is 4.50. The minimum Gasteiger partial charge on any atom is -0.508 e. The fourth-order valence-corrected chi connectivity index (χ4v) is 5.74. The molecule has 1 aromatic heterocycles. The number of nitrogens with zero attached hydrogens (tertiary/aromatic N) is 4. The standard InChI is InChI=1S/C26H28N6O3S2/c1-17-14-18(22-16-20(33)6-9-24(22)36)15-23-25(17)29-26(31-30-23)28-19-4-7-21(8-5-19)37(34,35)27-10-13-32-11-2-3-12-32/h4-9,14-16,27,33,36H,2-3,10-13H2,1H3,(H,28,29,31). The van der Waals surface area contributed by atoms with Crippen LogP contribution in [0.5, 0.6) is 5.75 Å². The number of fused-ring (bicyclic) bond motifs is 1. The lowest BCUT2D eigenvalue weighted by atomic mass is 10.0. The number of benzene rings is 3. The van der Waals surface area contributed by atoms with Crippen LogP contribution in [-0.4, -0.2) is 59.8 Å². The van der Waals surface area contributed by atoms with Crippen molar-refractivity contribution in [3.05, 3.63) is 60.2 Å². The highest BCUT2D eigenvalue weighted by Gasteiger charge is 2.16. The van der Waals surface area contributed by atoms with Crippen LogP contribution in [0.15, 0.2) is 64.4 Å². The minimum absolute atomic E-state index is 0.158. The Hall–Kier alpha value is -3.25. The van der Waals surface area contributed by atoms with Crippen molar-refractivity contribution in [2.75, 3.05) is 31.5 Å². The van der Waals surface area contributed by atoms with E-state index in [4.69, 9.17) is 0 Å². The molecular weight excluding hydrogens is 508 g/mol. The van der Waals surface area contributed by atoms with Gasteiger partial charge in [-0.1, -0.05) is 0 Å². The molecule has 0 amide bonds. The van der Waals surface area contributed by atoms with Gasteiger partial charge in [-0.3, -0.25) is 0 Å². The predicted molar refractivity (Wildman–Crippen MR) is 147 cm³/mol. The van der Waals surface area contributed by atoms with Crippen LogP contribution in [0.3, 0.4) is 0 Å². The second-order valence-electron chi connectivity index (χ2n) is 9.09. The van der Waals surface area contributed by atoms with E-state index in [0.29, 0.717) is 29.2 Å². The second kappa shape index (κ2) is 10.6. The van der Waals surface area contributed by atoms with E-state index in [0.717, 1.165) is 41.2 Å². The van der Waals surface area contributed by atoms with Crippen LogP contribution in [-0.2, 0) is 10.0 Å². The Labute approximate surface area is 221 Å². The highest BCUT2D eigenvalue weighted by Crippen LogP contribution is 2.32. The van der Waals surface area contributed by atoms with Crippen molar-refractivity contribution in [3.63, 3.8) is 0 Å². The van der Waals surface area contributed by atoms with E-state index in [-0.39, 0.29) is 10.6 Å². The maximum atomic E-state index is 12.6. The van der Waals surface area contributed by atoms with Gasteiger partial charge in [0.25, 0.3) is 0 Å². The number of rotatable bonds is 8. The molecule has 37 heavy (non-hydrogen) atoms. The molecule has 0 radical (unpaired) electrons. The third-order valence-electron chi connectivity index (χ3n) is 6.38. The van der Waals surface area contributed by atoms with Crippen LogP contribution in [0.25, 0.3) is 22.2 Å². The summed E-state index contributed by atoms with van der Waals surface area (Å²) in [6.07, 6.45) is 2.35. The number of sulfonamides is 1. The number of phenolic OH excluding ortho intramolecular Hbond substituents is 1. The molecule has 2 heterocycles. The number of aryl methyl sites for hydroxylation is 1. The van der Waals surface area contributed by atoms with Crippen molar-refractivity contribution in [2.45, 2.75) is 29.6 Å². The molecule has 192 valence electrons. The van der Waals surface area contributed by atoms with Crippen molar-refractivity contribution in [2.24, 2.45) is 0 Å². The Kier molecular flexibility index (Phi) is 7.29. The first-order chi connectivity index (χ1) is 17.8. The van der Waals surface area contributed by atoms with E-state index >= 15 is 0 Å². The van der Waals surface area contributed by atoms with Crippen molar-refractivity contribution in [1.82, 2.24) is 24.8 Å². The summed E-state index contributed by atoms with van der Waals surface area (Å²) in [5.74, 6) is 0.459. The zero-order valence-electron chi connectivity index (χ0n) is 20.3. The summed E-state index contributed by atoms with van der Waals surface area (Å²) < 4.78 is 27.9. The maximum Gasteiger partial charge on any atom is 0.247 e. The van der Waals surface area contributed by atoms with Gasteiger partial charge in [0.05, 0.1) is 10.4 Å². The molecular formula is C26H28N6O3S2. The molecule has 0 atom stereocenters. The normalized spacial score (nSPS) is 14.3. The van der Waals surface area contributed by atoms with Gasteiger partial charge in [-0.15, -0.1) is 22.8 Å². The lowest BCUT2D eigenvalue weighted by molar-refractivity contribution is 0.344. The molecule has 0 unspecified atom stereocenters. The number of aromatic hydroxyl groups is 1. The average Bonchev–Trinajstić information content (AvgIpc) is 3.39. The SMILES string of the molecule is Cc1cc(-c2cc(O)ccc2S)cc2nnc(Nc3ccc(S(=O)(=O)NCCN4CCCC4)cc3)nc12. The highest BCUT2D eigenvalue weighted by atomic mass is 32.2. The van der Waals surface area contributed by atoms with Gasteiger partial charge in [-0.2, -0.15) is 0 Å². The number of thiol groups is 1. The summed E-state index contributed by atoms with van der Waals surface area (Å²) in [5.41, 5.74) is 4.47. The van der Waals surface area contributed by atoms with Crippen LogP contribution in [0, 0.1) is 6.92 Å². The topological polar surface area (TPSA) is 120 Å². The van der Waals surface area contributed by atoms with Crippen LogP contribution in [0.1, 0.15) is 18.4 Å². The first-order valence-electron chi connectivity index (χ1n) is 12.0. The Balaban J connectivity index is 1.29. The number of phenols is 1. The quantitative estimate of drug-likeness (QED) is 0.248. The van der Waals surface area contributed by atoms with Gasteiger partial charge in [0.15, 0.2) is 0 Å². The fourth-order valence-electron chi connectivity index (χ4n) is 4.45. The van der Waals surface area contributed by atoms with E-state index in [9.17, 15) is 13.5 Å². The van der Waals surface area contributed by atoms with Gasteiger partial charge >= 0.3 is 0 Å². The minimum atomic E-state index is -3.58.